The summed E-state index contributed by atoms with van der Waals surface area (Å²) in [5.74, 6) is 1.53. The van der Waals surface area contributed by atoms with Gasteiger partial charge in [-0.2, -0.15) is 0 Å². The molecule has 0 radical (unpaired) electrons. The summed E-state index contributed by atoms with van der Waals surface area (Å²) in [6.07, 6.45) is 3.45. The quantitative estimate of drug-likeness (QED) is 0.823. The second-order valence-electron chi connectivity index (χ2n) is 3.70. The van der Waals surface area contributed by atoms with E-state index in [0.29, 0.717) is 0 Å². The van der Waals surface area contributed by atoms with Crippen molar-refractivity contribution in [3.63, 3.8) is 0 Å². The molecule has 3 N–H and O–H groups in total. The van der Waals surface area contributed by atoms with Crippen molar-refractivity contribution in [1.29, 1.82) is 0 Å². The fourth-order valence-electron chi connectivity index (χ4n) is 1.69. The van der Waals surface area contributed by atoms with Crippen LogP contribution in [0.5, 0.6) is 5.75 Å². The minimum Gasteiger partial charge on any atom is -0.496 e. The predicted octanol–water partition coefficient (Wildman–Crippen LogP) is 1.77. The van der Waals surface area contributed by atoms with Gasteiger partial charge in [-0.25, -0.2) is 4.98 Å². The topological polar surface area (TPSA) is 63.9 Å². The zero-order valence-corrected chi connectivity index (χ0v) is 9.40. The van der Waals surface area contributed by atoms with Crippen molar-refractivity contribution in [3.8, 4) is 5.75 Å². The molecule has 0 fully saturated rings. The summed E-state index contributed by atoms with van der Waals surface area (Å²) in [6, 6.07) is 5.65. The monoisotopic (exact) mass is 217 g/mol. The first-order valence-corrected chi connectivity index (χ1v) is 5.11. The Kier molecular flexibility index (Phi) is 2.92. The summed E-state index contributed by atoms with van der Waals surface area (Å²) < 4.78 is 5.30. The number of aromatic nitrogens is 2. The van der Waals surface area contributed by atoms with E-state index in [-0.39, 0.29) is 6.04 Å². The Hall–Kier alpha value is -1.81. The van der Waals surface area contributed by atoms with E-state index < -0.39 is 0 Å². The number of nitrogens with two attached hydrogens (primary N) is 1. The van der Waals surface area contributed by atoms with Gasteiger partial charge in [0, 0.05) is 18.0 Å². The number of methoxy groups -OCH3 is 1. The molecule has 2 aromatic rings. The van der Waals surface area contributed by atoms with Gasteiger partial charge in [-0.3, -0.25) is 0 Å². The van der Waals surface area contributed by atoms with E-state index in [1.807, 2.05) is 25.1 Å². The molecule has 1 aromatic carbocycles. The van der Waals surface area contributed by atoms with Gasteiger partial charge in [-0.1, -0.05) is 17.7 Å². The van der Waals surface area contributed by atoms with Crippen LogP contribution in [0.2, 0.25) is 0 Å². The van der Waals surface area contributed by atoms with Gasteiger partial charge in [0.1, 0.15) is 11.6 Å². The van der Waals surface area contributed by atoms with Crippen LogP contribution >= 0.6 is 0 Å². The first-order valence-electron chi connectivity index (χ1n) is 5.11. The van der Waals surface area contributed by atoms with Crippen LogP contribution < -0.4 is 10.5 Å². The number of nitrogens with one attached hydrogen (secondary N) is 1. The van der Waals surface area contributed by atoms with Gasteiger partial charge in [0.2, 0.25) is 0 Å². The minimum atomic E-state index is -0.287. The molecular weight excluding hydrogens is 202 g/mol. The Balaban J connectivity index is 2.42. The molecule has 0 amide bonds. The number of aromatic amines is 1. The second kappa shape index (κ2) is 4.37. The molecule has 4 nitrogen and oxygen atoms in total. The fourth-order valence-corrected chi connectivity index (χ4v) is 1.69. The van der Waals surface area contributed by atoms with E-state index in [1.165, 1.54) is 0 Å². The third-order valence-electron chi connectivity index (χ3n) is 2.53. The Morgan fingerprint density at radius 1 is 1.44 bits per heavy atom. The molecule has 1 heterocycles. The van der Waals surface area contributed by atoms with Gasteiger partial charge in [0.15, 0.2) is 0 Å². The van der Waals surface area contributed by atoms with Crippen molar-refractivity contribution >= 4 is 0 Å². The molecule has 0 aliphatic rings. The number of nitrogens with zero attached hydrogens (tertiary/aromatic N) is 1. The molecule has 84 valence electrons. The van der Waals surface area contributed by atoms with Gasteiger partial charge < -0.3 is 15.5 Å². The van der Waals surface area contributed by atoms with Crippen LogP contribution in [0.1, 0.15) is 23.0 Å². The molecule has 1 unspecified atom stereocenters. The molecule has 0 saturated heterocycles. The summed E-state index contributed by atoms with van der Waals surface area (Å²) in [4.78, 5) is 7.18. The highest BCUT2D eigenvalue weighted by Gasteiger charge is 2.15. The Labute approximate surface area is 94.5 Å². The van der Waals surface area contributed by atoms with Crippen LogP contribution in [-0.2, 0) is 0 Å². The molecule has 1 atom stereocenters. The van der Waals surface area contributed by atoms with E-state index in [0.717, 1.165) is 22.7 Å². The maximum Gasteiger partial charge on any atom is 0.127 e. The average molecular weight is 217 g/mol. The lowest BCUT2D eigenvalue weighted by Gasteiger charge is -2.14. The highest BCUT2D eigenvalue weighted by molar-refractivity contribution is 5.41. The van der Waals surface area contributed by atoms with E-state index in [1.54, 1.807) is 19.5 Å². The summed E-state index contributed by atoms with van der Waals surface area (Å²) in [5, 5.41) is 0. The first-order chi connectivity index (χ1) is 7.72. The van der Waals surface area contributed by atoms with Crippen LogP contribution in [0.4, 0.5) is 0 Å². The molecule has 0 bridgehead atoms. The van der Waals surface area contributed by atoms with Crippen molar-refractivity contribution in [1.82, 2.24) is 9.97 Å². The number of imidazole rings is 1. The van der Waals surface area contributed by atoms with Gasteiger partial charge in [-0.05, 0) is 13.0 Å². The second-order valence-corrected chi connectivity index (χ2v) is 3.70. The number of hydrogen-bond donors (Lipinski definition) is 2. The number of hydrogen-bond acceptors (Lipinski definition) is 3. The van der Waals surface area contributed by atoms with Crippen LogP contribution in [0.3, 0.4) is 0 Å². The number of rotatable bonds is 3. The minimum absolute atomic E-state index is 0.287. The molecule has 16 heavy (non-hydrogen) atoms. The van der Waals surface area contributed by atoms with Crippen LogP contribution in [-0.4, -0.2) is 17.1 Å². The van der Waals surface area contributed by atoms with Crippen LogP contribution in [0, 0.1) is 6.92 Å². The average Bonchev–Trinajstić information content (AvgIpc) is 2.81. The van der Waals surface area contributed by atoms with Crippen LogP contribution in [0.25, 0.3) is 0 Å². The van der Waals surface area contributed by atoms with Crippen molar-refractivity contribution in [2.45, 2.75) is 13.0 Å². The molecule has 4 heteroatoms. The van der Waals surface area contributed by atoms with Gasteiger partial charge in [0.25, 0.3) is 0 Å². The highest BCUT2D eigenvalue weighted by Crippen LogP contribution is 2.27. The SMILES string of the molecule is COc1ccc(C)cc1C(N)c1ncc[nH]1. The highest BCUT2D eigenvalue weighted by atomic mass is 16.5. The molecule has 0 aliphatic heterocycles. The molecule has 0 saturated carbocycles. The van der Waals surface area contributed by atoms with Gasteiger partial charge in [-0.15, -0.1) is 0 Å². The zero-order valence-electron chi connectivity index (χ0n) is 9.40. The molecule has 0 aliphatic carbocycles. The first kappa shape index (κ1) is 10.7. The maximum absolute atomic E-state index is 6.13. The number of H-pyrrole nitrogens is 1. The summed E-state index contributed by atoms with van der Waals surface area (Å²) in [6.45, 7) is 2.03. The number of benzene rings is 1. The molecule has 1 aromatic heterocycles. The van der Waals surface area contributed by atoms with Crippen molar-refractivity contribution in [2.24, 2.45) is 5.73 Å². The number of aryl methyl sites for hydroxylation is 1. The van der Waals surface area contributed by atoms with Gasteiger partial charge >= 0.3 is 0 Å². The Morgan fingerprint density at radius 2 is 2.25 bits per heavy atom. The fraction of sp³-hybridized carbons (Fsp3) is 0.250. The third-order valence-corrected chi connectivity index (χ3v) is 2.53. The van der Waals surface area contributed by atoms with E-state index in [2.05, 4.69) is 9.97 Å². The molecular formula is C12H15N3O. The normalized spacial score (nSPS) is 12.4. The lowest BCUT2D eigenvalue weighted by atomic mass is 10.0. The standard InChI is InChI=1S/C12H15N3O/c1-8-3-4-10(16-2)9(7-8)11(13)12-14-5-6-15-12/h3-7,11H,13H2,1-2H3,(H,14,15). The smallest absolute Gasteiger partial charge is 0.127 e. The van der Waals surface area contributed by atoms with E-state index in [4.69, 9.17) is 10.5 Å². The molecule has 2 rings (SSSR count). The van der Waals surface area contributed by atoms with Crippen LogP contribution in [0.15, 0.2) is 30.6 Å². The predicted molar refractivity (Wildman–Crippen MR) is 62.3 cm³/mol. The number of ether oxygens (including phenoxy) is 1. The van der Waals surface area contributed by atoms with Crippen molar-refractivity contribution in [2.75, 3.05) is 7.11 Å². The van der Waals surface area contributed by atoms with Crippen molar-refractivity contribution in [3.05, 3.63) is 47.5 Å². The van der Waals surface area contributed by atoms with Crippen molar-refractivity contribution < 1.29 is 4.74 Å². The van der Waals surface area contributed by atoms with E-state index >= 15 is 0 Å². The largest absolute Gasteiger partial charge is 0.496 e. The zero-order chi connectivity index (χ0) is 11.5. The third kappa shape index (κ3) is 1.92. The summed E-state index contributed by atoms with van der Waals surface area (Å²) in [5.41, 5.74) is 8.23. The lowest BCUT2D eigenvalue weighted by Crippen LogP contribution is -2.14. The summed E-state index contributed by atoms with van der Waals surface area (Å²) >= 11 is 0. The maximum atomic E-state index is 6.13. The summed E-state index contributed by atoms with van der Waals surface area (Å²) in [7, 11) is 1.64. The Morgan fingerprint density at radius 3 is 2.88 bits per heavy atom. The van der Waals surface area contributed by atoms with E-state index in [9.17, 15) is 0 Å². The molecule has 0 spiro atoms. The lowest BCUT2D eigenvalue weighted by molar-refractivity contribution is 0.407. The van der Waals surface area contributed by atoms with Gasteiger partial charge in [0.05, 0.1) is 13.2 Å². The Bertz CT molecular complexity index is 465.